The maximum atomic E-state index is 12.4. The molecule has 2 aromatic rings. The zero-order valence-electron chi connectivity index (χ0n) is 15.0. The number of carbonyl (C=O) groups excluding carboxylic acids is 1. The number of para-hydroxylation sites is 1. The SMILES string of the molecule is COc1ccc(S(=O)(=O)NC2CC2)cc1NC(=O)CCOc1ccccc1. The van der Waals surface area contributed by atoms with Crippen LogP contribution >= 0.6 is 0 Å². The Morgan fingerprint density at radius 3 is 2.56 bits per heavy atom. The Morgan fingerprint density at radius 2 is 1.89 bits per heavy atom. The average molecular weight is 390 g/mol. The molecule has 3 rings (SSSR count). The first-order valence-electron chi connectivity index (χ1n) is 8.66. The lowest BCUT2D eigenvalue weighted by Gasteiger charge is -2.13. The van der Waals surface area contributed by atoms with Gasteiger partial charge >= 0.3 is 0 Å². The van der Waals surface area contributed by atoms with E-state index in [1.54, 1.807) is 0 Å². The first-order chi connectivity index (χ1) is 13.0. The second-order valence-electron chi connectivity index (χ2n) is 6.22. The molecule has 0 heterocycles. The minimum atomic E-state index is -3.61. The van der Waals surface area contributed by atoms with Crippen molar-refractivity contribution in [2.24, 2.45) is 0 Å². The van der Waals surface area contributed by atoms with Crippen LogP contribution < -0.4 is 19.5 Å². The zero-order chi connectivity index (χ0) is 19.3. The molecule has 144 valence electrons. The Kier molecular flexibility index (Phi) is 5.98. The lowest BCUT2D eigenvalue weighted by molar-refractivity contribution is -0.116. The summed E-state index contributed by atoms with van der Waals surface area (Å²) in [6.07, 6.45) is 1.82. The van der Waals surface area contributed by atoms with Gasteiger partial charge in [-0.2, -0.15) is 0 Å². The van der Waals surface area contributed by atoms with Gasteiger partial charge in [0.1, 0.15) is 11.5 Å². The fraction of sp³-hybridized carbons (Fsp3) is 0.316. The predicted molar refractivity (Wildman–Crippen MR) is 102 cm³/mol. The third kappa shape index (κ3) is 5.45. The van der Waals surface area contributed by atoms with Crippen molar-refractivity contribution >= 4 is 21.6 Å². The van der Waals surface area contributed by atoms with E-state index in [9.17, 15) is 13.2 Å². The van der Waals surface area contributed by atoms with Crippen molar-refractivity contribution < 1.29 is 22.7 Å². The van der Waals surface area contributed by atoms with E-state index in [0.717, 1.165) is 12.8 Å². The second kappa shape index (κ2) is 8.41. The maximum absolute atomic E-state index is 12.4. The zero-order valence-corrected chi connectivity index (χ0v) is 15.8. The molecule has 7 nitrogen and oxygen atoms in total. The van der Waals surface area contributed by atoms with Crippen molar-refractivity contribution in [3.63, 3.8) is 0 Å². The molecule has 1 aliphatic rings. The van der Waals surface area contributed by atoms with Crippen LogP contribution in [-0.2, 0) is 14.8 Å². The summed E-state index contributed by atoms with van der Waals surface area (Å²) in [6.45, 7) is 0.208. The van der Waals surface area contributed by atoms with Crippen molar-refractivity contribution in [3.8, 4) is 11.5 Å². The highest BCUT2D eigenvalue weighted by atomic mass is 32.2. The van der Waals surface area contributed by atoms with Gasteiger partial charge in [-0.1, -0.05) is 18.2 Å². The topological polar surface area (TPSA) is 93.7 Å². The number of hydrogen-bond donors (Lipinski definition) is 2. The van der Waals surface area contributed by atoms with Gasteiger partial charge in [-0.05, 0) is 43.2 Å². The van der Waals surface area contributed by atoms with E-state index < -0.39 is 10.0 Å². The molecule has 1 fully saturated rings. The van der Waals surface area contributed by atoms with Crippen LogP contribution in [0.25, 0.3) is 0 Å². The van der Waals surface area contributed by atoms with Crippen molar-refractivity contribution in [2.45, 2.75) is 30.2 Å². The van der Waals surface area contributed by atoms with E-state index in [-0.39, 0.29) is 29.9 Å². The quantitative estimate of drug-likeness (QED) is 0.686. The van der Waals surface area contributed by atoms with Gasteiger partial charge in [0, 0.05) is 6.04 Å². The summed E-state index contributed by atoms with van der Waals surface area (Å²) in [7, 11) is -2.16. The van der Waals surface area contributed by atoms with Crippen LogP contribution in [0.3, 0.4) is 0 Å². The number of benzene rings is 2. The number of ether oxygens (including phenoxy) is 2. The number of rotatable bonds is 9. The van der Waals surface area contributed by atoms with Crippen LogP contribution in [0.5, 0.6) is 11.5 Å². The molecule has 2 N–H and O–H groups in total. The van der Waals surface area contributed by atoms with E-state index >= 15 is 0 Å². The van der Waals surface area contributed by atoms with Gasteiger partial charge in [0.25, 0.3) is 0 Å². The summed E-state index contributed by atoms with van der Waals surface area (Å²) < 4.78 is 38.1. The molecule has 0 bridgehead atoms. The van der Waals surface area contributed by atoms with Gasteiger partial charge in [0.2, 0.25) is 15.9 Å². The third-order valence-corrected chi connectivity index (χ3v) is 5.51. The largest absolute Gasteiger partial charge is 0.495 e. The van der Waals surface area contributed by atoms with Gasteiger partial charge in [-0.15, -0.1) is 0 Å². The highest BCUT2D eigenvalue weighted by Gasteiger charge is 2.28. The number of anilines is 1. The molecule has 1 saturated carbocycles. The van der Waals surface area contributed by atoms with Crippen LogP contribution in [0, 0.1) is 0 Å². The average Bonchev–Trinajstić information content (AvgIpc) is 3.46. The Morgan fingerprint density at radius 1 is 1.15 bits per heavy atom. The lowest BCUT2D eigenvalue weighted by Crippen LogP contribution is -2.26. The minimum Gasteiger partial charge on any atom is -0.495 e. The van der Waals surface area contributed by atoms with Gasteiger partial charge in [0.05, 0.1) is 30.7 Å². The summed E-state index contributed by atoms with van der Waals surface area (Å²) in [5.74, 6) is 0.772. The molecule has 0 spiro atoms. The van der Waals surface area contributed by atoms with Gasteiger partial charge in [-0.3, -0.25) is 4.79 Å². The molecule has 0 saturated heterocycles. The maximum Gasteiger partial charge on any atom is 0.240 e. The second-order valence-corrected chi connectivity index (χ2v) is 7.93. The monoisotopic (exact) mass is 390 g/mol. The molecule has 27 heavy (non-hydrogen) atoms. The van der Waals surface area contributed by atoms with E-state index in [0.29, 0.717) is 17.2 Å². The summed E-state index contributed by atoms with van der Waals surface area (Å²) >= 11 is 0. The Hall–Kier alpha value is -2.58. The van der Waals surface area contributed by atoms with E-state index in [4.69, 9.17) is 9.47 Å². The summed E-state index contributed by atoms with van der Waals surface area (Å²) in [6, 6.07) is 13.6. The fourth-order valence-corrected chi connectivity index (χ4v) is 3.76. The van der Waals surface area contributed by atoms with E-state index in [1.807, 2.05) is 30.3 Å². The molecule has 0 aromatic heterocycles. The van der Waals surface area contributed by atoms with Crippen LogP contribution in [-0.4, -0.2) is 34.1 Å². The molecule has 1 amide bonds. The molecule has 8 heteroatoms. The number of sulfonamides is 1. The molecule has 1 aliphatic carbocycles. The van der Waals surface area contributed by atoms with Gasteiger partial charge in [-0.25, -0.2) is 13.1 Å². The van der Waals surface area contributed by atoms with Crippen LogP contribution in [0.1, 0.15) is 19.3 Å². The van der Waals surface area contributed by atoms with Gasteiger partial charge in [0.15, 0.2) is 0 Å². The van der Waals surface area contributed by atoms with Crippen LogP contribution in [0.15, 0.2) is 53.4 Å². The fourth-order valence-electron chi connectivity index (χ4n) is 2.43. The highest BCUT2D eigenvalue weighted by molar-refractivity contribution is 7.89. The Balaban J connectivity index is 1.63. The van der Waals surface area contributed by atoms with E-state index in [2.05, 4.69) is 10.0 Å². The number of methoxy groups -OCH3 is 1. The summed E-state index contributed by atoms with van der Waals surface area (Å²) in [4.78, 5) is 12.3. The number of carbonyl (C=O) groups is 1. The van der Waals surface area contributed by atoms with Crippen molar-refractivity contribution in [1.82, 2.24) is 4.72 Å². The third-order valence-electron chi connectivity index (χ3n) is 4.00. The Bertz CT molecular complexity index is 896. The standard InChI is InChI=1S/C19H22N2O5S/c1-25-18-10-9-16(27(23,24)21-14-7-8-14)13-17(18)20-19(22)11-12-26-15-5-3-2-4-6-15/h2-6,9-10,13-14,21H,7-8,11-12H2,1H3,(H,20,22). The molecule has 0 unspecified atom stereocenters. The van der Waals surface area contributed by atoms with E-state index in [1.165, 1.54) is 25.3 Å². The molecule has 0 radical (unpaired) electrons. The van der Waals surface area contributed by atoms with Crippen LogP contribution in [0.4, 0.5) is 5.69 Å². The lowest BCUT2D eigenvalue weighted by atomic mass is 10.2. The number of nitrogens with one attached hydrogen (secondary N) is 2. The molecule has 0 atom stereocenters. The molecular formula is C19H22N2O5S. The first kappa shape index (κ1) is 19.2. The molecule has 0 aliphatic heterocycles. The summed E-state index contributed by atoms with van der Waals surface area (Å²) in [5, 5.41) is 2.69. The minimum absolute atomic E-state index is 0.00489. The van der Waals surface area contributed by atoms with Crippen molar-refractivity contribution in [2.75, 3.05) is 19.0 Å². The number of amides is 1. The normalized spacial score (nSPS) is 13.8. The smallest absolute Gasteiger partial charge is 0.240 e. The van der Waals surface area contributed by atoms with Gasteiger partial charge < -0.3 is 14.8 Å². The molecular weight excluding hydrogens is 368 g/mol. The predicted octanol–water partition coefficient (Wildman–Crippen LogP) is 2.54. The highest BCUT2D eigenvalue weighted by Crippen LogP contribution is 2.29. The molecule has 2 aromatic carbocycles. The van der Waals surface area contributed by atoms with Crippen LogP contribution in [0.2, 0.25) is 0 Å². The first-order valence-corrected chi connectivity index (χ1v) is 10.1. The Labute approximate surface area is 158 Å². The van der Waals surface area contributed by atoms with Crippen molar-refractivity contribution in [1.29, 1.82) is 0 Å². The van der Waals surface area contributed by atoms with Crippen molar-refractivity contribution in [3.05, 3.63) is 48.5 Å². The number of hydrogen-bond acceptors (Lipinski definition) is 5. The summed E-state index contributed by atoms with van der Waals surface area (Å²) in [5.41, 5.74) is 0.306.